The summed E-state index contributed by atoms with van der Waals surface area (Å²) in [7, 11) is -0.732. The van der Waals surface area contributed by atoms with Gasteiger partial charge in [-0.25, -0.2) is 10.6 Å². The van der Waals surface area contributed by atoms with Gasteiger partial charge in [-0.15, -0.1) is 0 Å². The number of hydrazine groups is 1. The van der Waals surface area contributed by atoms with Crippen molar-refractivity contribution >= 4 is 25.2 Å². The number of rotatable bonds is 9. The number of para-hydroxylation sites is 1. The molecule has 1 fully saturated rings. The number of carbonyl (C=O) groups excluding carboxylic acids is 2. The van der Waals surface area contributed by atoms with Crippen molar-refractivity contribution in [1.29, 1.82) is 0 Å². The average molecular weight is 569 g/mol. The van der Waals surface area contributed by atoms with Gasteiger partial charge >= 0.3 is 13.2 Å². The van der Waals surface area contributed by atoms with Crippen LogP contribution in [0.3, 0.4) is 0 Å². The summed E-state index contributed by atoms with van der Waals surface area (Å²) in [6, 6.07) is 23.6. The third kappa shape index (κ3) is 6.06. The van der Waals surface area contributed by atoms with Gasteiger partial charge < -0.3 is 24.1 Å². The Morgan fingerprint density at radius 1 is 0.905 bits per heavy atom. The molecule has 0 bridgehead atoms. The Morgan fingerprint density at radius 2 is 1.48 bits per heavy atom. The molecule has 2 amide bonds. The van der Waals surface area contributed by atoms with E-state index in [1.54, 1.807) is 12.1 Å². The van der Waals surface area contributed by atoms with Gasteiger partial charge in [0.1, 0.15) is 12.4 Å². The fourth-order valence-corrected chi connectivity index (χ4v) is 5.14. The number of carbonyl (C=O) groups is 2. The zero-order valence-electron chi connectivity index (χ0n) is 24.3. The second-order valence-electron chi connectivity index (χ2n) is 11.4. The number of nitrogens with one attached hydrogen (secondary N) is 2. The molecule has 3 aromatic carbocycles. The zero-order chi connectivity index (χ0) is 29.9. The molecule has 0 radical (unpaired) electrons. The summed E-state index contributed by atoms with van der Waals surface area (Å²) >= 11 is 0. The van der Waals surface area contributed by atoms with Crippen LogP contribution in [0.4, 0.5) is 4.79 Å². The van der Waals surface area contributed by atoms with Crippen molar-refractivity contribution in [2.75, 3.05) is 19.8 Å². The number of ether oxygens (including phenoxy) is 2. The molecule has 42 heavy (non-hydrogen) atoms. The molecule has 0 spiro atoms. The highest BCUT2D eigenvalue weighted by molar-refractivity contribution is 6.56. The molecule has 2 aliphatic rings. The number of nitrogens with two attached hydrogens (primary N) is 1. The third-order valence-electron chi connectivity index (χ3n) is 8.12. The molecular weight excluding hydrogens is 533 g/mol. The minimum Gasteiger partial charge on any atom is -0.483 e. The molecule has 3 aromatic rings. The van der Waals surface area contributed by atoms with E-state index in [9.17, 15) is 9.59 Å². The van der Waals surface area contributed by atoms with E-state index in [1.165, 1.54) is 0 Å². The normalized spacial score (nSPS) is 16.9. The Labute approximate surface area is 246 Å². The number of hydrogen-bond donors (Lipinski definition) is 3. The Bertz CT molecular complexity index is 1440. The molecule has 1 aliphatic heterocycles. The average Bonchev–Trinajstić information content (AvgIpc) is 3.41. The van der Waals surface area contributed by atoms with Crippen molar-refractivity contribution in [3.05, 3.63) is 95.0 Å². The molecule has 10 heteroatoms. The van der Waals surface area contributed by atoms with Crippen molar-refractivity contribution in [2.45, 2.75) is 44.8 Å². The Balaban J connectivity index is 1.32. The van der Waals surface area contributed by atoms with Crippen LogP contribution in [0.5, 0.6) is 5.75 Å². The Hall–Kier alpha value is -4.12. The summed E-state index contributed by atoms with van der Waals surface area (Å²) in [5, 5.41) is 2.87. The van der Waals surface area contributed by atoms with E-state index in [-0.39, 0.29) is 25.7 Å². The van der Waals surface area contributed by atoms with E-state index in [0.717, 1.165) is 22.3 Å². The van der Waals surface area contributed by atoms with Crippen LogP contribution >= 0.6 is 0 Å². The van der Waals surface area contributed by atoms with Gasteiger partial charge in [-0.1, -0.05) is 72.8 Å². The van der Waals surface area contributed by atoms with Gasteiger partial charge in [0.25, 0.3) is 5.91 Å². The molecule has 0 atom stereocenters. The number of benzene rings is 3. The van der Waals surface area contributed by atoms with Crippen molar-refractivity contribution < 1.29 is 28.4 Å². The zero-order valence-corrected chi connectivity index (χ0v) is 24.3. The second kappa shape index (κ2) is 12.0. The lowest BCUT2D eigenvalue weighted by Crippen LogP contribution is -2.41. The topological polar surface area (TPSA) is 121 Å². The summed E-state index contributed by atoms with van der Waals surface area (Å²) in [6.45, 7) is 7.92. The molecule has 1 saturated heterocycles. The van der Waals surface area contributed by atoms with Crippen molar-refractivity contribution in [2.24, 2.45) is 5.84 Å². The molecule has 0 unspecified atom stereocenters. The van der Waals surface area contributed by atoms with Gasteiger partial charge in [0.05, 0.1) is 11.2 Å². The van der Waals surface area contributed by atoms with Gasteiger partial charge in [0.2, 0.25) is 0 Å². The highest BCUT2D eigenvalue weighted by Crippen LogP contribution is 2.44. The smallest absolute Gasteiger partial charge is 0.483 e. The lowest BCUT2D eigenvalue weighted by molar-refractivity contribution is -0.123. The first-order chi connectivity index (χ1) is 20.1. The number of alkyl carbamates (subject to hydrolysis) is 1. The first-order valence-corrected chi connectivity index (χ1v) is 14.0. The third-order valence-corrected chi connectivity index (χ3v) is 8.12. The lowest BCUT2D eigenvalue weighted by Gasteiger charge is -2.32. The fourth-order valence-electron chi connectivity index (χ4n) is 5.14. The van der Waals surface area contributed by atoms with Crippen LogP contribution in [-0.2, 0) is 18.8 Å². The minimum atomic E-state index is -0.732. The minimum absolute atomic E-state index is 0.0454. The van der Waals surface area contributed by atoms with Crippen LogP contribution < -0.4 is 21.3 Å². The Kier molecular flexibility index (Phi) is 8.40. The summed E-state index contributed by atoms with van der Waals surface area (Å²) in [4.78, 5) is 24.7. The van der Waals surface area contributed by atoms with Crippen LogP contribution in [0.1, 0.15) is 50.3 Å². The van der Waals surface area contributed by atoms with E-state index >= 15 is 0 Å². The maximum Gasteiger partial charge on any atom is 0.492 e. The molecule has 1 aliphatic carbocycles. The molecule has 218 valence electrons. The standard InChI is InChI=1S/C32H36BN3O6/c1-31(2)32(3,4)42-33(41-31)22(17-21-11-5-10-16-28(21)39-20-29(37)36-34)18-35-30(38)40-19-27-25-14-8-6-12-23(25)24-13-7-9-15-26(24)27/h5-17,27H,18-20,34H2,1-4H3,(H,35,38)(H,36,37). The maximum absolute atomic E-state index is 13.0. The van der Waals surface area contributed by atoms with Crippen molar-refractivity contribution in [1.82, 2.24) is 10.7 Å². The summed E-state index contributed by atoms with van der Waals surface area (Å²) < 4.78 is 24.0. The van der Waals surface area contributed by atoms with E-state index < -0.39 is 30.3 Å². The van der Waals surface area contributed by atoms with Gasteiger partial charge in [0.15, 0.2) is 6.61 Å². The van der Waals surface area contributed by atoms with Crippen LogP contribution in [0.2, 0.25) is 0 Å². The highest BCUT2D eigenvalue weighted by Gasteiger charge is 2.52. The largest absolute Gasteiger partial charge is 0.492 e. The van der Waals surface area contributed by atoms with Crippen LogP contribution in [-0.4, -0.2) is 50.1 Å². The first kappa shape index (κ1) is 29.4. The first-order valence-electron chi connectivity index (χ1n) is 14.0. The number of fused-ring (bicyclic) bond motifs is 3. The van der Waals surface area contributed by atoms with Gasteiger partial charge in [-0.05, 0) is 61.5 Å². The van der Waals surface area contributed by atoms with Crippen LogP contribution in [0.25, 0.3) is 17.2 Å². The van der Waals surface area contributed by atoms with Crippen molar-refractivity contribution in [3.63, 3.8) is 0 Å². The molecule has 1 heterocycles. The highest BCUT2D eigenvalue weighted by atomic mass is 16.7. The molecule has 0 aromatic heterocycles. The monoisotopic (exact) mass is 569 g/mol. The number of hydrogen-bond acceptors (Lipinski definition) is 7. The predicted molar refractivity (Wildman–Crippen MR) is 161 cm³/mol. The molecular formula is C32H36BN3O6. The van der Waals surface area contributed by atoms with E-state index in [4.69, 9.17) is 24.6 Å². The quantitative estimate of drug-likeness (QED) is 0.149. The van der Waals surface area contributed by atoms with E-state index in [2.05, 4.69) is 35.0 Å². The second-order valence-corrected chi connectivity index (χ2v) is 11.4. The van der Waals surface area contributed by atoms with Gasteiger partial charge in [-0.3, -0.25) is 10.2 Å². The van der Waals surface area contributed by atoms with Gasteiger partial charge in [-0.2, -0.15) is 0 Å². The van der Waals surface area contributed by atoms with Gasteiger partial charge in [0, 0.05) is 18.0 Å². The summed E-state index contributed by atoms with van der Waals surface area (Å²) in [5.74, 6) is 5.15. The SMILES string of the molecule is CC1(C)OB(C(=Cc2ccccc2OCC(=O)NN)CNC(=O)OCC2c3ccccc3-c3ccccc32)OC1(C)C. The van der Waals surface area contributed by atoms with Crippen LogP contribution in [0.15, 0.2) is 78.3 Å². The molecule has 0 saturated carbocycles. The fraction of sp³-hybridized carbons (Fsp3) is 0.312. The lowest BCUT2D eigenvalue weighted by atomic mass is 9.77. The number of amides is 2. The molecule has 9 nitrogen and oxygen atoms in total. The summed E-state index contributed by atoms with van der Waals surface area (Å²) in [5.41, 5.74) is 6.83. The predicted octanol–water partition coefficient (Wildman–Crippen LogP) is 4.61. The maximum atomic E-state index is 13.0. The molecule has 4 N–H and O–H groups in total. The van der Waals surface area contributed by atoms with Crippen molar-refractivity contribution in [3.8, 4) is 16.9 Å². The van der Waals surface area contributed by atoms with E-state index in [1.807, 2.05) is 70.2 Å². The van der Waals surface area contributed by atoms with E-state index in [0.29, 0.717) is 16.8 Å². The molecule has 5 rings (SSSR count). The summed E-state index contributed by atoms with van der Waals surface area (Å²) in [6.07, 6.45) is 1.28. The Morgan fingerprint density at radius 3 is 2.10 bits per heavy atom. The van der Waals surface area contributed by atoms with Crippen LogP contribution in [0, 0.1) is 0 Å².